The predicted octanol–water partition coefficient (Wildman–Crippen LogP) is 1.99. The van der Waals surface area contributed by atoms with Gasteiger partial charge in [-0.1, -0.05) is 0 Å². The lowest BCUT2D eigenvalue weighted by atomic mass is 10.1. The van der Waals surface area contributed by atoms with E-state index in [9.17, 15) is 19.7 Å². The largest absolute Gasteiger partial charge is 0.493 e. The molecule has 0 saturated carbocycles. The molecule has 24 heavy (non-hydrogen) atoms. The number of rotatable bonds is 9. The first-order chi connectivity index (χ1) is 11.3. The number of carboxylic acid groups (broad SMARTS) is 1. The summed E-state index contributed by atoms with van der Waals surface area (Å²) in [4.78, 5) is 33.4. The van der Waals surface area contributed by atoms with Crippen molar-refractivity contribution in [3.8, 4) is 11.5 Å². The van der Waals surface area contributed by atoms with Crippen LogP contribution < -0.4 is 14.8 Å². The fourth-order valence-electron chi connectivity index (χ4n) is 2.02. The van der Waals surface area contributed by atoms with Gasteiger partial charge >= 0.3 is 5.97 Å². The van der Waals surface area contributed by atoms with Crippen LogP contribution in [0.5, 0.6) is 11.5 Å². The van der Waals surface area contributed by atoms with Gasteiger partial charge in [-0.05, 0) is 20.3 Å². The monoisotopic (exact) mass is 340 g/mol. The average Bonchev–Trinajstić information content (AvgIpc) is 2.52. The molecule has 0 spiro atoms. The van der Waals surface area contributed by atoms with Crippen molar-refractivity contribution in [2.75, 3.05) is 13.7 Å². The fraction of sp³-hybridized carbons (Fsp3) is 0.467. The van der Waals surface area contributed by atoms with Crippen LogP contribution in [0.4, 0.5) is 5.69 Å². The summed E-state index contributed by atoms with van der Waals surface area (Å²) in [7, 11) is 1.34. The zero-order valence-electron chi connectivity index (χ0n) is 13.7. The van der Waals surface area contributed by atoms with Crippen molar-refractivity contribution in [1.29, 1.82) is 0 Å². The smallest absolute Gasteiger partial charge is 0.303 e. The molecule has 0 aliphatic carbocycles. The number of carbonyl (C=O) groups excluding carboxylic acids is 1. The zero-order valence-corrected chi connectivity index (χ0v) is 13.7. The van der Waals surface area contributed by atoms with Gasteiger partial charge < -0.3 is 19.9 Å². The van der Waals surface area contributed by atoms with Crippen molar-refractivity contribution in [2.24, 2.45) is 0 Å². The minimum absolute atomic E-state index is 0.115. The molecule has 132 valence electrons. The highest BCUT2D eigenvalue weighted by molar-refractivity contribution is 5.99. The van der Waals surface area contributed by atoms with E-state index in [1.807, 2.05) is 0 Å². The normalized spacial score (nSPS) is 11.5. The van der Waals surface area contributed by atoms with Crippen LogP contribution in [-0.4, -0.2) is 41.7 Å². The molecule has 1 amide bonds. The maximum absolute atomic E-state index is 12.3. The molecule has 0 aliphatic rings. The Morgan fingerprint density at radius 2 is 2.04 bits per heavy atom. The summed E-state index contributed by atoms with van der Waals surface area (Å²) in [6.45, 7) is 3.65. The summed E-state index contributed by atoms with van der Waals surface area (Å²) in [5, 5.41) is 22.4. The molecule has 9 nitrogen and oxygen atoms in total. The van der Waals surface area contributed by atoms with Crippen LogP contribution in [0.15, 0.2) is 12.1 Å². The number of methoxy groups -OCH3 is 1. The lowest BCUT2D eigenvalue weighted by molar-refractivity contribution is -0.385. The van der Waals surface area contributed by atoms with Gasteiger partial charge in [0.25, 0.3) is 11.6 Å². The third-order valence-corrected chi connectivity index (χ3v) is 3.19. The number of hydrogen-bond acceptors (Lipinski definition) is 6. The topological polar surface area (TPSA) is 128 Å². The number of amides is 1. The number of ether oxygens (including phenoxy) is 2. The van der Waals surface area contributed by atoms with E-state index in [2.05, 4.69) is 5.32 Å². The number of carboxylic acids is 1. The second kappa shape index (κ2) is 8.70. The van der Waals surface area contributed by atoms with Gasteiger partial charge in [-0.3, -0.25) is 19.7 Å². The summed E-state index contributed by atoms with van der Waals surface area (Å²) in [6.07, 6.45) is 0.0969. The first kappa shape index (κ1) is 19.2. The minimum Gasteiger partial charge on any atom is -0.493 e. The Bertz CT molecular complexity index is 630. The molecule has 0 bridgehead atoms. The van der Waals surface area contributed by atoms with Gasteiger partial charge in [0.1, 0.15) is 5.56 Å². The molecule has 2 N–H and O–H groups in total. The third-order valence-electron chi connectivity index (χ3n) is 3.19. The van der Waals surface area contributed by atoms with E-state index in [4.69, 9.17) is 14.6 Å². The quantitative estimate of drug-likeness (QED) is 0.519. The standard InChI is InChI=1S/C15H20N2O7/c1-4-24-13-7-10(11(17(21)22)8-12(13)23-3)15(20)16-9(2)5-6-14(18)19/h7-9H,4-6H2,1-3H3,(H,16,20)(H,18,19). The van der Waals surface area contributed by atoms with E-state index >= 15 is 0 Å². The highest BCUT2D eigenvalue weighted by Crippen LogP contribution is 2.34. The molecule has 1 aromatic rings. The number of nitrogens with one attached hydrogen (secondary N) is 1. The van der Waals surface area contributed by atoms with E-state index in [1.54, 1.807) is 13.8 Å². The van der Waals surface area contributed by atoms with Crippen molar-refractivity contribution in [3.63, 3.8) is 0 Å². The van der Waals surface area contributed by atoms with Gasteiger partial charge in [0, 0.05) is 18.5 Å². The van der Waals surface area contributed by atoms with Crippen LogP contribution in [0, 0.1) is 10.1 Å². The molecule has 9 heteroatoms. The van der Waals surface area contributed by atoms with Gasteiger partial charge in [0.05, 0.1) is 24.7 Å². The van der Waals surface area contributed by atoms with E-state index < -0.39 is 28.5 Å². The fourth-order valence-corrected chi connectivity index (χ4v) is 2.02. The summed E-state index contributed by atoms with van der Waals surface area (Å²) in [6, 6.07) is 1.92. The van der Waals surface area contributed by atoms with Crippen LogP contribution in [0.1, 0.15) is 37.0 Å². The average molecular weight is 340 g/mol. The Kier molecular flexibility index (Phi) is 6.97. The van der Waals surface area contributed by atoms with Gasteiger partial charge in [-0.15, -0.1) is 0 Å². The zero-order chi connectivity index (χ0) is 18.3. The first-order valence-electron chi connectivity index (χ1n) is 7.32. The minimum atomic E-state index is -0.981. The number of hydrogen-bond donors (Lipinski definition) is 2. The van der Waals surface area contributed by atoms with Crippen molar-refractivity contribution >= 4 is 17.6 Å². The maximum atomic E-state index is 12.3. The number of nitro benzene ring substituents is 1. The summed E-state index contributed by atoms with van der Waals surface area (Å²) >= 11 is 0. The molecule has 0 aliphatic heterocycles. The van der Waals surface area contributed by atoms with Crippen LogP contribution in [0.2, 0.25) is 0 Å². The maximum Gasteiger partial charge on any atom is 0.303 e. The summed E-state index contributed by atoms with van der Waals surface area (Å²) < 4.78 is 10.4. The van der Waals surface area contributed by atoms with E-state index in [1.165, 1.54) is 13.2 Å². The molecule has 0 aromatic heterocycles. The van der Waals surface area contributed by atoms with Crippen LogP contribution in [-0.2, 0) is 4.79 Å². The van der Waals surface area contributed by atoms with Crippen molar-refractivity contribution in [3.05, 3.63) is 27.8 Å². The molecule has 0 radical (unpaired) electrons. The molecule has 1 unspecified atom stereocenters. The Labute approximate surface area is 138 Å². The van der Waals surface area contributed by atoms with Gasteiger partial charge in [-0.2, -0.15) is 0 Å². The van der Waals surface area contributed by atoms with Gasteiger partial charge in [-0.25, -0.2) is 0 Å². The molecule has 0 saturated heterocycles. The molecule has 0 heterocycles. The number of aliphatic carboxylic acids is 1. The van der Waals surface area contributed by atoms with Crippen LogP contribution in [0.3, 0.4) is 0 Å². The SMILES string of the molecule is CCOc1cc(C(=O)NC(C)CCC(=O)O)c([N+](=O)[O-])cc1OC. The molecule has 1 aromatic carbocycles. The Balaban J connectivity index is 3.10. The second-order valence-electron chi connectivity index (χ2n) is 5.02. The highest BCUT2D eigenvalue weighted by atomic mass is 16.6. The van der Waals surface area contributed by atoms with Crippen LogP contribution >= 0.6 is 0 Å². The molecule has 1 atom stereocenters. The van der Waals surface area contributed by atoms with E-state index in [0.29, 0.717) is 6.61 Å². The molecule has 0 fully saturated rings. The van der Waals surface area contributed by atoms with Gasteiger partial charge in [0.2, 0.25) is 0 Å². The Morgan fingerprint density at radius 3 is 2.54 bits per heavy atom. The number of carbonyl (C=O) groups is 2. The van der Waals surface area contributed by atoms with E-state index in [0.717, 1.165) is 6.07 Å². The van der Waals surface area contributed by atoms with Crippen molar-refractivity contribution in [1.82, 2.24) is 5.32 Å². The summed E-state index contributed by atoms with van der Waals surface area (Å²) in [5.41, 5.74) is -0.593. The number of benzene rings is 1. The first-order valence-corrected chi connectivity index (χ1v) is 7.32. The van der Waals surface area contributed by atoms with E-state index in [-0.39, 0.29) is 29.9 Å². The third kappa shape index (κ3) is 5.11. The number of nitro groups is 1. The molecule has 1 rings (SSSR count). The number of nitrogens with zero attached hydrogens (tertiary/aromatic N) is 1. The summed E-state index contributed by atoms with van der Waals surface area (Å²) in [5.74, 6) is -1.29. The lowest BCUT2D eigenvalue weighted by Crippen LogP contribution is -2.33. The predicted molar refractivity (Wildman–Crippen MR) is 84.6 cm³/mol. The van der Waals surface area contributed by atoms with Crippen LogP contribution in [0.25, 0.3) is 0 Å². The van der Waals surface area contributed by atoms with Crippen molar-refractivity contribution in [2.45, 2.75) is 32.7 Å². The highest BCUT2D eigenvalue weighted by Gasteiger charge is 2.25. The lowest BCUT2D eigenvalue weighted by Gasteiger charge is -2.15. The Hall–Kier alpha value is -2.84. The molecular formula is C15H20N2O7. The van der Waals surface area contributed by atoms with Crippen molar-refractivity contribution < 1.29 is 29.1 Å². The Morgan fingerprint density at radius 1 is 1.38 bits per heavy atom. The second-order valence-corrected chi connectivity index (χ2v) is 5.02. The van der Waals surface area contributed by atoms with Gasteiger partial charge in [0.15, 0.2) is 11.5 Å². The molecular weight excluding hydrogens is 320 g/mol.